The fourth-order valence-electron chi connectivity index (χ4n) is 2.24. The Morgan fingerprint density at radius 3 is 2.56 bits per heavy atom. The third kappa shape index (κ3) is 1.83. The molecule has 4 nitrogen and oxygen atoms in total. The van der Waals surface area contributed by atoms with Gasteiger partial charge >= 0.3 is 5.63 Å². The lowest BCUT2D eigenvalue weighted by Crippen LogP contribution is -2.03. The van der Waals surface area contributed by atoms with Crippen LogP contribution in [-0.4, -0.2) is 12.2 Å². The largest absolute Gasteiger partial charge is 0.504 e. The Morgan fingerprint density at radius 1 is 1.33 bits per heavy atom. The maximum absolute atomic E-state index is 11.5. The molecule has 0 aliphatic heterocycles. The predicted molar refractivity (Wildman–Crippen MR) is 69.5 cm³/mol. The summed E-state index contributed by atoms with van der Waals surface area (Å²) in [7, 11) is 1.50. The van der Waals surface area contributed by atoms with Gasteiger partial charge in [0.15, 0.2) is 11.5 Å². The maximum Gasteiger partial charge on any atom is 0.336 e. The minimum atomic E-state index is -0.407. The number of methoxy groups -OCH3 is 1. The van der Waals surface area contributed by atoms with Gasteiger partial charge in [-0.25, -0.2) is 4.79 Å². The summed E-state index contributed by atoms with van der Waals surface area (Å²) in [6.45, 7) is 5.85. The van der Waals surface area contributed by atoms with Crippen molar-refractivity contribution in [1.82, 2.24) is 0 Å². The summed E-state index contributed by atoms with van der Waals surface area (Å²) in [5, 5.41) is 10.7. The molecule has 0 aliphatic rings. The highest BCUT2D eigenvalue weighted by molar-refractivity contribution is 5.88. The zero-order valence-electron chi connectivity index (χ0n) is 10.9. The van der Waals surface area contributed by atoms with Crippen LogP contribution in [0.1, 0.15) is 30.9 Å². The van der Waals surface area contributed by atoms with Crippen molar-refractivity contribution >= 4 is 11.0 Å². The van der Waals surface area contributed by atoms with E-state index in [0.717, 1.165) is 16.5 Å². The number of benzene rings is 1. The number of phenols is 1. The van der Waals surface area contributed by atoms with Crippen LogP contribution in [0.3, 0.4) is 0 Å². The fraction of sp³-hybridized carbons (Fsp3) is 0.357. The van der Waals surface area contributed by atoms with Crippen molar-refractivity contribution in [2.45, 2.75) is 26.7 Å². The quantitative estimate of drug-likeness (QED) is 0.830. The lowest BCUT2D eigenvalue weighted by Gasteiger charge is -2.14. The van der Waals surface area contributed by atoms with Crippen molar-refractivity contribution in [3.63, 3.8) is 0 Å². The molecule has 0 saturated heterocycles. The van der Waals surface area contributed by atoms with E-state index in [4.69, 9.17) is 9.15 Å². The van der Waals surface area contributed by atoms with E-state index < -0.39 is 5.63 Å². The van der Waals surface area contributed by atoms with Gasteiger partial charge in [-0.1, -0.05) is 13.8 Å². The Hall–Kier alpha value is -1.97. The number of fused-ring (bicyclic) bond motifs is 1. The Labute approximate surface area is 105 Å². The lowest BCUT2D eigenvalue weighted by molar-refractivity contribution is 0.371. The van der Waals surface area contributed by atoms with E-state index in [2.05, 4.69) is 0 Å². The normalized spacial score (nSPS) is 11.2. The molecule has 0 bridgehead atoms. The zero-order valence-corrected chi connectivity index (χ0v) is 10.9. The molecule has 0 aliphatic carbocycles. The maximum atomic E-state index is 11.5. The lowest BCUT2D eigenvalue weighted by atomic mass is 9.96. The molecule has 1 heterocycles. The molecule has 1 aromatic heterocycles. The highest BCUT2D eigenvalue weighted by atomic mass is 16.5. The van der Waals surface area contributed by atoms with Gasteiger partial charge in [-0.2, -0.15) is 0 Å². The Kier molecular flexibility index (Phi) is 3.03. The number of aryl methyl sites for hydroxylation is 1. The molecule has 0 unspecified atom stereocenters. The van der Waals surface area contributed by atoms with Crippen molar-refractivity contribution in [2.75, 3.05) is 7.11 Å². The first-order valence-corrected chi connectivity index (χ1v) is 5.80. The highest BCUT2D eigenvalue weighted by Gasteiger charge is 2.17. The summed E-state index contributed by atoms with van der Waals surface area (Å²) in [4.78, 5) is 11.5. The van der Waals surface area contributed by atoms with Crippen LogP contribution >= 0.6 is 0 Å². The van der Waals surface area contributed by atoms with E-state index in [-0.39, 0.29) is 11.7 Å². The van der Waals surface area contributed by atoms with Gasteiger partial charge in [0.1, 0.15) is 5.58 Å². The summed E-state index contributed by atoms with van der Waals surface area (Å²) in [6.07, 6.45) is 0. The first kappa shape index (κ1) is 12.5. The second kappa shape index (κ2) is 4.37. The highest BCUT2D eigenvalue weighted by Crippen LogP contribution is 2.38. The van der Waals surface area contributed by atoms with Crippen molar-refractivity contribution in [3.8, 4) is 11.5 Å². The molecule has 18 heavy (non-hydrogen) atoms. The molecule has 4 heteroatoms. The number of phenolic OH excluding ortho intramolecular Hbond substituents is 1. The zero-order chi connectivity index (χ0) is 13.4. The summed E-state index contributed by atoms with van der Waals surface area (Å²) in [5.41, 5.74) is 1.66. The SMILES string of the molecule is COc1c(O)cc2oc(=O)cc(C(C)C)c2c1C. The monoisotopic (exact) mass is 248 g/mol. The van der Waals surface area contributed by atoms with Crippen molar-refractivity contribution in [1.29, 1.82) is 0 Å². The Balaban J connectivity index is 2.98. The predicted octanol–water partition coefficient (Wildman–Crippen LogP) is 2.94. The van der Waals surface area contributed by atoms with Crippen LogP contribution in [0.15, 0.2) is 21.3 Å². The van der Waals surface area contributed by atoms with Crippen LogP contribution in [0.2, 0.25) is 0 Å². The molecule has 0 fully saturated rings. The molecular formula is C14H16O4. The van der Waals surface area contributed by atoms with E-state index in [1.54, 1.807) is 0 Å². The van der Waals surface area contributed by atoms with Gasteiger partial charge in [-0.05, 0) is 18.4 Å². The molecule has 0 saturated carbocycles. The standard InChI is InChI=1S/C14H16O4/c1-7(2)9-5-12(16)18-11-6-10(15)14(17-4)8(3)13(9)11/h5-7,15H,1-4H3. The van der Waals surface area contributed by atoms with Crippen LogP contribution in [0.25, 0.3) is 11.0 Å². The van der Waals surface area contributed by atoms with Gasteiger partial charge in [0.05, 0.1) is 7.11 Å². The second-order valence-electron chi connectivity index (χ2n) is 4.60. The number of hydrogen-bond acceptors (Lipinski definition) is 4. The summed E-state index contributed by atoms with van der Waals surface area (Å²) in [6, 6.07) is 2.92. The fourth-order valence-corrected chi connectivity index (χ4v) is 2.24. The van der Waals surface area contributed by atoms with Crippen molar-refractivity contribution in [3.05, 3.63) is 33.7 Å². The molecular weight excluding hydrogens is 232 g/mol. The smallest absolute Gasteiger partial charge is 0.336 e. The summed E-state index contributed by atoms with van der Waals surface area (Å²) >= 11 is 0. The summed E-state index contributed by atoms with van der Waals surface area (Å²) in [5.74, 6) is 0.578. The molecule has 0 spiro atoms. The summed E-state index contributed by atoms with van der Waals surface area (Å²) < 4.78 is 10.3. The second-order valence-corrected chi connectivity index (χ2v) is 4.60. The van der Waals surface area contributed by atoms with E-state index in [1.165, 1.54) is 19.2 Å². The van der Waals surface area contributed by atoms with E-state index >= 15 is 0 Å². The van der Waals surface area contributed by atoms with Gasteiger partial charge in [0.25, 0.3) is 0 Å². The van der Waals surface area contributed by atoms with Crippen LogP contribution < -0.4 is 10.4 Å². The number of rotatable bonds is 2. The van der Waals surface area contributed by atoms with Crippen LogP contribution in [0.5, 0.6) is 11.5 Å². The Bertz CT molecular complexity index is 653. The van der Waals surface area contributed by atoms with Gasteiger partial charge in [-0.15, -0.1) is 0 Å². The molecule has 96 valence electrons. The van der Waals surface area contributed by atoms with E-state index in [0.29, 0.717) is 11.3 Å². The van der Waals surface area contributed by atoms with Gasteiger partial charge in [0.2, 0.25) is 0 Å². The first-order valence-electron chi connectivity index (χ1n) is 5.80. The van der Waals surface area contributed by atoms with Gasteiger partial charge < -0.3 is 14.3 Å². The topological polar surface area (TPSA) is 59.7 Å². The molecule has 2 aromatic rings. The number of hydrogen-bond donors (Lipinski definition) is 1. The molecule has 1 N–H and O–H groups in total. The third-order valence-electron chi connectivity index (χ3n) is 3.06. The third-order valence-corrected chi connectivity index (χ3v) is 3.06. The molecule has 0 radical (unpaired) electrons. The minimum Gasteiger partial charge on any atom is -0.504 e. The van der Waals surface area contributed by atoms with Gasteiger partial charge in [-0.3, -0.25) is 0 Å². The van der Waals surface area contributed by atoms with Crippen LogP contribution in [-0.2, 0) is 0 Å². The average Bonchev–Trinajstić information content (AvgIpc) is 2.27. The van der Waals surface area contributed by atoms with Gasteiger partial charge in [0, 0.05) is 23.1 Å². The number of ether oxygens (including phenoxy) is 1. The molecule has 0 atom stereocenters. The minimum absolute atomic E-state index is 0.0217. The number of aromatic hydroxyl groups is 1. The Morgan fingerprint density at radius 2 is 2.00 bits per heavy atom. The van der Waals surface area contributed by atoms with Crippen LogP contribution in [0.4, 0.5) is 0 Å². The molecule has 2 rings (SSSR count). The van der Waals surface area contributed by atoms with Crippen molar-refractivity contribution < 1.29 is 14.3 Å². The average molecular weight is 248 g/mol. The molecule has 1 aromatic carbocycles. The van der Waals surface area contributed by atoms with E-state index in [9.17, 15) is 9.90 Å². The van der Waals surface area contributed by atoms with Crippen LogP contribution in [0, 0.1) is 6.92 Å². The molecule has 0 amide bonds. The first-order chi connectivity index (χ1) is 8.45. The van der Waals surface area contributed by atoms with E-state index in [1.807, 2.05) is 20.8 Å². The van der Waals surface area contributed by atoms with Crippen molar-refractivity contribution in [2.24, 2.45) is 0 Å².